The van der Waals surface area contributed by atoms with E-state index in [9.17, 15) is 9.59 Å². The number of amides is 1. The average Bonchev–Trinajstić information content (AvgIpc) is 3.10. The zero-order valence-electron chi connectivity index (χ0n) is 16.3. The Morgan fingerprint density at radius 3 is 2.31 bits per heavy atom. The number of nitrogens with zero attached hydrogens (tertiary/aromatic N) is 3. The van der Waals surface area contributed by atoms with Crippen molar-refractivity contribution in [2.24, 2.45) is 7.05 Å². The zero-order valence-corrected chi connectivity index (χ0v) is 17.2. The Bertz CT molecular complexity index is 1220. The summed E-state index contributed by atoms with van der Waals surface area (Å²) in [5, 5.41) is 8.40. The summed E-state index contributed by atoms with van der Waals surface area (Å²) >= 11 is 1.07. The monoisotopic (exact) mass is 404 g/mol. The molecule has 2 aromatic carbocycles. The third-order valence-electron chi connectivity index (χ3n) is 5.05. The van der Waals surface area contributed by atoms with Crippen LogP contribution < -0.4 is 10.5 Å². The fraction of sp³-hybridized carbons (Fsp3) is 0.136. The van der Waals surface area contributed by atoms with Gasteiger partial charge in [-0.05, 0) is 54.9 Å². The zero-order chi connectivity index (χ0) is 20.7. The van der Waals surface area contributed by atoms with Crippen molar-refractivity contribution in [3.8, 4) is 5.69 Å². The number of nitrogens with one attached hydrogen (secondary N) is 1. The predicted octanol–water partition coefficient (Wildman–Crippen LogP) is 3.85. The second-order valence-corrected chi connectivity index (χ2v) is 7.85. The number of para-hydroxylation sites is 1. The molecule has 1 aliphatic rings. The van der Waals surface area contributed by atoms with Crippen LogP contribution in [-0.4, -0.2) is 20.4 Å². The van der Waals surface area contributed by atoms with Crippen LogP contribution in [0.2, 0.25) is 0 Å². The van der Waals surface area contributed by atoms with Crippen molar-refractivity contribution < 1.29 is 4.79 Å². The fourth-order valence-corrected chi connectivity index (χ4v) is 4.23. The maximum Gasteiger partial charge on any atom is 0.296 e. The Kier molecular flexibility index (Phi) is 4.76. The lowest BCUT2D eigenvalue weighted by molar-refractivity contribution is -0.113. The van der Waals surface area contributed by atoms with Crippen LogP contribution >= 0.6 is 11.8 Å². The number of aromatic nitrogens is 2. The molecule has 0 atom stereocenters. The van der Waals surface area contributed by atoms with E-state index in [2.05, 4.69) is 0 Å². The van der Waals surface area contributed by atoms with E-state index >= 15 is 0 Å². The molecule has 1 fully saturated rings. The van der Waals surface area contributed by atoms with Gasteiger partial charge in [0.1, 0.15) is 5.69 Å². The van der Waals surface area contributed by atoms with Crippen molar-refractivity contribution in [2.45, 2.75) is 13.8 Å². The van der Waals surface area contributed by atoms with Gasteiger partial charge in [0.05, 0.1) is 16.3 Å². The number of carbonyl (C=O) groups excluding carboxylic acids is 1. The lowest BCUT2D eigenvalue weighted by Crippen LogP contribution is -2.33. The van der Waals surface area contributed by atoms with E-state index in [1.165, 1.54) is 9.58 Å². The number of thioether (sulfide) groups is 1. The molecule has 0 aliphatic carbocycles. The Balaban J connectivity index is 1.80. The molecule has 0 unspecified atom stereocenters. The van der Waals surface area contributed by atoms with Crippen LogP contribution in [0.4, 0.5) is 5.69 Å². The molecule has 6 nitrogen and oxygen atoms in total. The van der Waals surface area contributed by atoms with E-state index in [4.69, 9.17) is 5.41 Å². The Morgan fingerprint density at radius 1 is 0.966 bits per heavy atom. The highest BCUT2D eigenvalue weighted by Crippen LogP contribution is 2.35. The highest BCUT2D eigenvalue weighted by molar-refractivity contribution is 8.19. The van der Waals surface area contributed by atoms with Gasteiger partial charge in [0.15, 0.2) is 5.17 Å². The number of amidine groups is 1. The summed E-state index contributed by atoms with van der Waals surface area (Å²) in [6, 6.07) is 17.0. The lowest BCUT2D eigenvalue weighted by atomic mass is 10.1. The van der Waals surface area contributed by atoms with Crippen LogP contribution in [0.3, 0.4) is 0 Å². The minimum Gasteiger partial charge on any atom is -0.283 e. The van der Waals surface area contributed by atoms with Crippen LogP contribution in [0.15, 0.2) is 64.3 Å². The van der Waals surface area contributed by atoms with Crippen molar-refractivity contribution in [1.29, 1.82) is 5.41 Å². The topological polar surface area (TPSA) is 71.1 Å². The van der Waals surface area contributed by atoms with E-state index in [0.717, 1.165) is 22.9 Å². The number of rotatable bonds is 3. The molecule has 146 valence electrons. The molecule has 2 heterocycles. The molecule has 1 N–H and O–H groups in total. The summed E-state index contributed by atoms with van der Waals surface area (Å²) in [6.07, 6.45) is 1.78. The number of hydrogen-bond donors (Lipinski definition) is 1. The number of hydrogen-bond acceptors (Lipinski definition) is 4. The molecule has 29 heavy (non-hydrogen) atoms. The SMILES string of the molecule is Cc1ccccc1/C=C1\SC(=N)N(c2c(C)n(C)n(-c3ccccc3)c2=O)C1=O. The Hall–Kier alpha value is -3.32. The first-order valence-electron chi connectivity index (χ1n) is 9.12. The van der Waals surface area contributed by atoms with Crippen molar-refractivity contribution >= 4 is 34.6 Å². The minimum absolute atomic E-state index is 0.0286. The number of benzene rings is 2. The molecule has 1 aromatic heterocycles. The van der Waals surface area contributed by atoms with Crippen LogP contribution in [0.25, 0.3) is 11.8 Å². The number of carbonyl (C=O) groups is 1. The fourth-order valence-electron chi connectivity index (χ4n) is 3.39. The Morgan fingerprint density at radius 2 is 1.62 bits per heavy atom. The Labute approximate surface area is 172 Å². The molecule has 0 saturated carbocycles. The van der Waals surface area contributed by atoms with Crippen LogP contribution in [0.1, 0.15) is 16.8 Å². The second kappa shape index (κ2) is 7.25. The smallest absolute Gasteiger partial charge is 0.283 e. The van der Waals surface area contributed by atoms with Gasteiger partial charge in [0.25, 0.3) is 11.5 Å². The standard InChI is InChI=1S/C22H20N4O2S/c1-14-9-7-8-10-16(14)13-18-20(27)25(22(23)29-18)19-15(2)24(3)26(21(19)28)17-11-5-4-6-12-17/h4-13,23H,1-3H3/b18-13-,23-22?. The third-order valence-corrected chi connectivity index (χ3v) is 5.93. The predicted molar refractivity (Wildman–Crippen MR) is 118 cm³/mol. The molecule has 1 aliphatic heterocycles. The van der Waals surface area contributed by atoms with Gasteiger partial charge < -0.3 is 0 Å². The van der Waals surface area contributed by atoms with Crippen molar-refractivity contribution in [1.82, 2.24) is 9.36 Å². The maximum atomic E-state index is 13.2. The van der Waals surface area contributed by atoms with Gasteiger partial charge >= 0.3 is 0 Å². The minimum atomic E-state index is -0.353. The molecule has 1 saturated heterocycles. The van der Waals surface area contributed by atoms with E-state index < -0.39 is 0 Å². The van der Waals surface area contributed by atoms with Gasteiger partial charge in [0.2, 0.25) is 0 Å². The van der Waals surface area contributed by atoms with Crippen molar-refractivity contribution in [3.05, 3.63) is 86.7 Å². The summed E-state index contributed by atoms with van der Waals surface area (Å²) in [4.78, 5) is 28.0. The van der Waals surface area contributed by atoms with Crippen LogP contribution in [0, 0.1) is 19.3 Å². The number of aryl methyl sites for hydroxylation is 1. The van der Waals surface area contributed by atoms with Gasteiger partial charge in [-0.1, -0.05) is 42.5 Å². The first kappa shape index (κ1) is 19.0. The highest BCUT2D eigenvalue weighted by Gasteiger charge is 2.38. The van der Waals surface area contributed by atoms with E-state index in [0.29, 0.717) is 16.3 Å². The molecule has 3 aromatic rings. The van der Waals surface area contributed by atoms with Crippen LogP contribution in [0.5, 0.6) is 0 Å². The van der Waals surface area contributed by atoms with Crippen LogP contribution in [-0.2, 0) is 11.8 Å². The lowest BCUT2D eigenvalue weighted by Gasteiger charge is -2.12. The quantitative estimate of drug-likeness (QED) is 0.674. The molecular weight excluding hydrogens is 384 g/mol. The summed E-state index contributed by atoms with van der Waals surface area (Å²) in [7, 11) is 1.77. The van der Waals surface area contributed by atoms with E-state index in [1.54, 1.807) is 24.7 Å². The van der Waals surface area contributed by atoms with Gasteiger partial charge in [-0.15, -0.1) is 0 Å². The first-order valence-corrected chi connectivity index (χ1v) is 9.94. The normalized spacial score (nSPS) is 15.6. The van der Waals surface area contributed by atoms with Crippen molar-refractivity contribution in [2.75, 3.05) is 4.90 Å². The molecule has 0 radical (unpaired) electrons. The molecule has 4 rings (SSSR count). The molecular formula is C22H20N4O2S. The second-order valence-electron chi connectivity index (χ2n) is 6.82. The molecule has 1 amide bonds. The van der Waals surface area contributed by atoms with Crippen molar-refractivity contribution in [3.63, 3.8) is 0 Å². The molecule has 0 bridgehead atoms. The summed E-state index contributed by atoms with van der Waals surface area (Å²) in [5.41, 5.74) is 3.18. The molecule has 7 heteroatoms. The summed E-state index contributed by atoms with van der Waals surface area (Å²) in [6.45, 7) is 3.75. The van der Waals surface area contributed by atoms with Gasteiger partial charge in [-0.25, -0.2) is 9.58 Å². The number of anilines is 1. The largest absolute Gasteiger partial charge is 0.296 e. The van der Waals surface area contributed by atoms with Gasteiger partial charge in [-0.2, -0.15) is 0 Å². The average molecular weight is 404 g/mol. The summed E-state index contributed by atoms with van der Waals surface area (Å²) < 4.78 is 3.22. The van der Waals surface area contributed by atoms with Gasteiger partial charge in [0, 0.05) is 7.05 Å². The van der Waals surface area contributed by atoms with E-state index in [-0.39, 0.29) is 22.3 Å². The summed E-state index contributed by atoms with van der Waals surface area (Å²) in [5.74, 6) is -0.353. The third kappa shape index (κ3) is 3.13. The first-order chi connectivity index (χ1) is 13.9. The highest BCUT2D eigenvalue weighted by atomic mass is 32.2. The maximum absolute atomic E-state index is 13.2. The molecule has 0 spiro atoms. The van der Waals surface area contributed by atoms with Gasteiger partial charge in [-0.3, -0.25) is 19.7 Å². The van der Waals surface area contributed by atoms with E-state index in [1.807, 2.05) is 61.5 Å².